The van der Waals surface area contributed by atoms with Crippen molar-refractivity contribution in [2.45, 2.75) is 25.3 Å². The Morgan fingerprint density at radius 2 is 1.95 bits per heavy atom. The molecule has 2 aliphatic heterocycles. The van der Waals surface area contributed by atoms with Gasteiger partial charge in [0.2, 0.25) is 10.0 Å². The van der Waals surface area contributed by atoms with Crippen molar-refractivity contribution in [1.29, 1.82) is 0 Å². The molecule has 2 saturated heterocycles. The van der Waals surface area contributed by atoms with Crippen LogP contribution in [0.25, 0.3) is 0 Å². The Labute approximate surface area is 127 Å². The Balaban J connectivity index is 1.74. The molecule has 7 nitrogen and oxygen atoms in total. The van der Waals surface area contributed by atoms with Crippen molar-refractivity contribution in [3.05, 3.63) is 0 Å². The van der Waals surface area contributed by atoms with E-state index in [1.165, 1.54) is 38.6 Å². The van der Waals surface area contributed by atoms with E-state index in [9.17, 15) is 8.42 Å². The highest BCUT2D eigenvalue weighted by Crippen LogP contribution is 2.20. The summed E-state index contributed by atoms with van der Waals surface area (Å²) in [5.41, 5.74) is 0. The molecule has 0 bridgehead atoms. The van der Waals surface area contributed by atoms with Crippen LogP contribution in [0.5, 0.6) is 0 Å². The third-order valence-electron chi connectivity index (χ3n) is 4.10. The molecular formula is C13H27N5O2S. The maximum absolute atomic E-state index is 11.0. The zero-order chi connectivity index (χ0) is 15.3. The minimum atomic E-state index is -3.12. The molecule has 2 rings (SSSR count). The summed E-state index contributed by atoms with van der Waals surface area (Å²) in [4.78, 5) is 9.15. The average Bonchev–Trinajstić information content (AvgIpc) is 3.08. The van der Waals surface area contributed by atoms with Crippen molar-refractivity contribution in [1.82, 2.24) is 19.8 Å². The predicted molar refractivity (Wildman–Crippen MR) is 85.0 cm³/mol. The lowest BCUT2D eigenvalue weighted by Gasteiger charge is -2.25. The van der Waals surface area contributed by atoms with Crippen LogP contribution in [0, 0.1) is 0 Å². The van der Waals surface area contributed by atoms with E-state index in [1.54, 1.807) is 7.05 Å². The molecule has 0 aromatic rings. The second-order valence-electron chi connectivity index (χ2n) is 5.77. The van der Waals surface area contributed by atoms with Crippen molar-refractivity contribution < 1.29 is 8.42 Å². The quantitative estimate of drug-likeness (QED) is 0.398. The molecule has 21 heavy (non-hydrogen) atoms. The number of hydrogen-bond acceptors (Lipinski definition) is 4. The van der Waals surface area contributed by atoms with Crippen molar-refractivity contribution in [3.8, 4) is 0 Å². The molecule has 0 aromatic heterocycles. The maximum atomic E-state index is 11.0. The summed E-state index contributed by atoms with van der Waals surface area (Å²) in [6, 6.07) is 0.639. The van der Waals surface area contributed by atoms with Crippen LogP contribution >= 0.6 is 0 Å². The van der Waals surface area contributed by atoms with E-state index in [0.717, 1.165) is 19.0 Å². The molecule has 1 atom stereocenters. The molecule has 0 radical (unpaired) electrons. The van der Waals surface area contributed by atoms with Gasteiger partial charge in [-0.3, -0.25) is 9.89 Å². The smallest absolute Gasteiger partial charge is 0.208 e. The number of sulfonamides is 1. The van der Waals surface area contributed by atoms with Gasteiger partial charge in [-0.1, -0.05) is 0 Å². The fourth-order valence-corrected chi connectivity index (χ4v) is 3.55. The van der Waals surface area contributed by atoms with Gasteiger partial charge in [0.25, 0.3) is 0 Å². The van der Waals surface area contributed by atoms with E-state index < -0.39 is 10.0 Å². The van der Waals surface area contributed by atoms with Gasteiger partial charge in [0.1, 0.15) is 0 Å². The minimum Gasteiger partial charge on any atom is -0.355 e. The average molecular weight is 317 g/mol. The first-order chi connectivity index (χ1) is 9.99. The number of aliphatic imine (C=N–C) groups is 1. The van der Waals surface area contributed by atoms with E-state index in [-0.39, 0.29) is 0 Å². The van der Waals surface area contributed by atoms with Gasteiger partial charge in [0, 0.05) is 39.3 Å². The predicted octanol–water partition coefficient (Wildman–Crippen LogP) is -0.719. The topological polar surface area (TPSA) is 77.0 Å². The van der Waals surface area contributed by atoms with Crippen LogP contribution in [0.15, 0.2) is 4.99 Å². The van der Waals surface area contributed by atoms with Crippen LogP contribution < -0.4 is 10.0 Å². The standard InChI is InChI=1S/C13H27N5O2S/c1-14-13(15-6-7-16-21(2,19)20)18-10-5-12(11-18)17-8-3-4-9-17/h12,16H,3-11H2,1-2H3,(H,14,15). The zero-order valence-corrected chi connectivity index (χ0v) is 13.8. The molecule has 122 valence electrons. The highest BCUT2D eigenvalue weighted by Gasteiger charge is 2.30. The van der Waals surface area contributed by atoms with Gasteiger partial charge in [-0.25, -0.2) is 13.1 Å². The lowest BCUT2D eigenvalue weighted by atomic mass is 10.2. The molecule has 0 saturated carbocycles. The van der Waals surface area contributed by atoms with Crippen molar-refractivity contribution in [2.75, 3.05) is 52.6 Å². The van der Waals surface area contributed by atoms with Gasteiger partial charge in [-0.2, -0.15) is 0 Å². The molecule has 0 aromatic carbocycles. The van der Waals surface area contributed by atoms with Crippen LogP contribution in [-0.4, -0.2) is 82.8 Å². The summed E-state index contributed by atoms with van der Waals surface area (Å²) < 4.78 is 24.5. The van der Waals surface area contributed by atoms with Crippen LogP contribution in [0.1, 0.15) is 19.3 Å². The molecule has 1 unspecified atom stereocenters. The third kappa shape index (κ3) is 5.12. The number of hydrogen-bond donors (Lipinski definition) is 2. The van der Waals surface area contributed by atoms with Crippen LogP contribution in [0.2, 0.25) is 0 Å². The summed E-state index contributed by atoms with van der Waals surface area (Å²) in [7, 11) is -1.34. The van der Waals surface area contributed by atoms with E-state index in [0.29, 0.717) is 19.1 Å². The Bertz CT molecular complexity index is 459. The molecule has 2 aliphatic rings. The number of guanidine groups is 1. The third-order valence-corrected chi connectivity index (χ3v) is 4.83. The molecule has 2 N–H and O–H groups in total. The second kappa shape index (κ2) is 7.42. The summed E-state index contributed by atoms with van der Waals surface area (Å²) in [5, 5.41) is 3.23. The normalized spacial score (nSPS) is 24.8. The van der Waals surface area contributed by atoms with E-state index >= 15 is 0 Å². The largest absolute Gasteiger partial charge is 0.355 e. The van der Waals surface area contributed by atoms with Gasteiger partial charge >= 0.3 is 0 Å². The van der Waals surface area contributed by atoms with Crippen molar-refractivity contribution in [3.63, 3.8) is 0 Å². The van der Waals surface area contributed by atoms with Gasteiger partial charge in [0.05, 0.1) is 6.26 Å². The first kappa shape index (κ1) is 16.5. The number of rotatable bonds is 5. The van der Waals surface area contributed by atoms with Crippen LogP contribution in [0.3, 0.4) is 0 Å². The number of nitrogens with one attached hydrogen (secondary N) is 2. The lowest BCUT2D eigenvalue weighted by molar-refractivity contribution is 0.249. The van der Waals surface area contributed by atoms with Gasteiger partial charge in [-0.05, 0) is 32.4 Å². The zero-order valence-electron chi connectivity index (χ0n) is 13.0. The SMILES string of the molecule is CN=C(NCCNS(C)(=O)=O)N1CCC(N2CCCC2)C1. The van der Waals surface area contributed by atoms with E-state index in [4.69, 9.17) is 0 Å². The van der Waals surface area contributed by atoms with Crippen LogP contribution in [-0.2, 0) is 10.0 Å². The van der Waals surface area contributed by atoms with E-state index in [2.05, 4.69) is 24.8 Å². The number of likely N-dealkylation sites (tertiary alicyclic amines) is 2. The Hall–Kier alpha value is -0.860. The molecule has 0 amide bonds. The molecule has 8 heteroatoms. The lowest BCUT2D eigenvalue weighted by Crippen LogP contribution is -2.44. The molecule has 2 fully saturated rings. The maximum Gasteiger partial charge on any atom is 0.208 e. The minimum absolute atomic E-state index is 0.376. The Morgan fingerprint density at radius 1 is 1.24 bits per heavy atom. The van der Waals surface area contributed by atoms with E-state index in [1.807, 2.05) is 0 Å². The van der Waals surface area contributed by atoms with Crippen molar-refractivity contribution in [2.24, 2.45) is 4.99 Å². The summed E-state index contributed by atoms with van der Waals surface area (Å²) in [5.74, 6) is 0.868. The first-order valence-corrected chi connectivity index (χ1v) is 9.53. The van der Waals surface area contributed by atoms with Crippen LogP contribution in [0.4, 0.5) is 0 Å². The Kier molecular flexibility index (Phi) is 5.83. The fourth-order valence-electron chi connectivity index (χ4n) is 3.08. The molecular weight excluding hydrogens is 290 g/mol. The van der Waals surface area contributed by atoms with Crippen molar-refractivity contribution >= 4 is 16.0 Å². The van der Waals surface area contributed by atoms with Gasteiger partial charge in [0.15, 0.2) is 5.96 Å². The second-order valence-corrected chi connectivity index (χ2v) is 7.61. The van der Waals surface area contributed by atoms with Gasteiger partial charge < -0.3 is 10.2 Å². The highest BCUT2D eigenvalue weighted by atomic mass is 32.2. The molecule has 2 heterocycles. The molecule has 0 spiro atoms. The molecule has 0 aliphatic carbocycles. The highest BCUT2D eigenvalue weighted by molar-refractivity contribution is 7.88. The first-order valence-electron chi connectivity index (χ1n) is 7.64. The summed E-state index contributed by atoms with van der Waals surface area (Å²) in [6.07, 6.45) is 4.99. The monoisotopic (exact) mass is 317 g/mol. The Morgan fingerprint density at radius 3 is 2.57 bits per heavy atom. The summed E-state index contributed by atoms with van der Waals surface area (Å²) in [6.45, 7) is 5.40. The summed E-state index contributed by atoms with van der Waals surface area (Å²) >= 11 is 0. The van der Waals surface area contributed by atoms with Gasteiger partial charge in [-0.15, -0.1) is 0 Å². The fraction of sp³-hybridized carbons (Fsp3) is 0.923. The number of nitrogens with zero attached hydrogens (tertiary/aromatic N) is 3.